The minimum atomic E-state index is -0.117. The first kappa shape index (κ1) is 22.6. The average Bonchev–Trinajstić information content (AvgIpc) is 2.42. The number of carbonyl (C=O) groups excluding carboxylic acids is 2. The van der Waals surface area contributed by atoms with Gasteiger partial charge >= 0.3 is 0 Å². The van der Waals surface area contributed by atoms with Crippen LogP contribution in [0.5, 0.6) is 0 Å². The highest BCUT2D eigenvalue weighted by Crippen LogP contribution is 2.22. The van der Waals surface area contributed by atoms with Crippen molar-refractivity contribution in [3.8, 4) is 0 Å². The monoisotopic (exact) mass is 343 g/mol. The summed E-state index contributed by atoms with van der Waals surface area (Å²) in [6, 6.07) is 0.168. The highest BCUT2D eigenvalue weighted by atomic mass is 32.2. The van der Waals surface area contributed by atoms with Crippen molar-refractivity contribution < 1.29 is 9.59 Å². The van der Waals surface area contributed by atoms with Gasteiger partial charge in [0.1, 0.15) is 5.78 Å². The summed E-state index contributed by atoms with van der Waals surface area (Å²) in [5.74, 6) is 2.93. The van der Waals surface area contributed by atoms with E-state index in [-0.39, 0.29) is 35.6 Å². The zero-order valence-corrected chi connectivity index (χ0v) is 17.1. The Hall–Kier alpha value is -0.350. The number of rotatable bonds is 12. The lowest BCUT2D eigenvalue weighted by Gasteiger charge is -2.24. The van der Waals surface area contributed by atoms with Crippen LogP contribution in [-0.2, 0) is 9.59 Å². The van der Waals surface area contributed by atoms with Gasteiger partial charge in [-0.1, -0.05) is 55.4 Å². The molecule has 0 aromatic carbocycles. The molecule has 3 nitrogen and oxygen atoms in total. The molecule has 1 N–H and O–H groups in total. The molecule has 4 heteroatoms. The zero-order chi connectivity index (χ0) is 18.2. The molecule has 0 aliphatic heterocycles. The Labute approximate surface area is 147 Å². The lowest BCUT2D eigenvalue weighted by atomic mass is 9.89. The van der Waals surface area contributed by atoms with Crippen LogP contribution in [0.15, 0.2) is 0 Å². The van der Waals surface area contributed by atoms with E-state index >= 15 is 0 Å². The van der Waals surface area contributed by atoms with Crippen molar-refractivity contribution >= 4 is 23.3 Å². The van der Waals surface area contributed by atoms with Gasteiger partial charge in [0.25, 0.3) is 0 Å². The highest BCUT2D eigenvalue weighted by Gasteiger charge is 2.25. The Morgan fingerprint density at radius 2 is 1.35 bits per heavy atom. The molecule has 0 radical (unpaired) electrons. The fourth-order valence-electron chi connectivity index (χ4n) is 2.65. The van der Waals surface area contributed by atoms with E-state index in [1.807, 2.05) is 27.7 Å². The van der Waals surface area contributed by atoms with E-state index in [2.05, 4.69) is 33.0 Å². The molecule has 0 fully saturated rings. The van der Waals surface area contributed by atoms with Crippen LogP contribution in [0.2, 0.25) is 0 Å². The maximum atomic E-state index is 12.4. The molecule has 136 valence electrons. The van der Waals surface area contributed by atoms with Crippen LogP contribution in [0, 0.1) is 23.7 Å². The van der Waals surface area contributed by atoms with Gasteiger partial charge in [-0.25, -0.2) is 0 Å². The lowest BCUT2D eigenvalue weighted by Crippen LogP contribution is -2.44. The van der Waals surface area contributed by atoms with Crippen LogP contribution in [0.25, 0.3) is 0 Å². The zero-order valence-electron chi connectivity index (χ0n) is 16.3. The average molecular weight is 344 g/mol. The van der Waals surface area contributed by atoms with Gasteiger partial charge in [0.05, 0.1) is 6.04 Å². The fourth-order valence-corrected chi connectivity index (χ4v) is 3.87. The van der Waals surface area contributed by atoms with Crippen LogP contribution in [0.4, 0.5) is 0 Å². The molecule has 0 rings (SSSR count). The summed E-state index contributed by atoms with van der Waals surface area (Å²) in [4.78, 5) is 24.7. The first-order chi connectivity index (χ1) is 10.6. The van der Waals surface area contributed by atoms with Crippen LogP contribution >= 0.6 is 11.8 Å². The number of carbonyl (C=O) groups is 2. The number of ketones is 2. The van der Waals surface area contributed by atoms with E-state index < -0.39 is 0 Å². The summed E-state index contributed by atoms with van der Waals surface area (Å²) in [5.41, 5.74) is 0. The van der Waals surface area contributed by atoms with E-state index in [0.717, 1.165) is 17.9 Å². The predicted molar refractivity (Wildman–Crippen MR) is 102 cm³/mol. The van der Waals surface area contributed by atoms with Crippen molar-refractivity contribution in [3.63, 3.8) is 0 Å². The Morgan fingerprint density at radius 1 is 0.826 bits per heavy atom. The SMILES string of the molecule is CC(C)C[C@@H](CSC[C@H](NC(C)C)C(=O)C(C)C)C(=O)C(C)C. The van der Waals surface area contributed by atoms with Crippen LogP contribution in [0.3, 0.4) is 0 Å². The molecule has 0 aromatic heterocycles. The second kappa shape index (κ2) is 11.2. The highest BCUT2D eigenvalue weighted by molar-refractivity contribution is 7.99. The number of nitrogens with one attached hydrogen (secondary N) is 1. The topological polar surface area (TPSA) is 46.2 Å². The number of Topliss-reactive ketones (excluding diaryl/α,β-unsaturated/α-hetero) is 2. The third-order valence-electron chi connectivity index (χ3n) is 3.78. The normalized spacial score (nSPS) is 14.8. The standard InChI is InChI=1S/C19H37NO2S/c1-12(2)9-16(18(21)13(3)4)10-23-11-17(20-15(7)8)19(22)14(5)6/h12-17,20H,9-11H2,1-8H3/t16-,17-/m0/s1. The fraction of sp³-hybridized carbons (Fsp3) is 0.895. The molecule has 0 amide bonds. The third kappa shape index (κ3) is 9.51. The number of hydrogen-bond donors (Lipinski definition) is 1. The van der Waals surface area contributed by atoms with E-state index in [1.54, 1.807) is 11.8 Å². The molecule has 0 spiro atoms. The molecule has 0 bridgehead atoms. The quantitative estimate of drug-likeness (QED) is 0.577. The first-order valence-electron chi connectivity index (χ1n) is 8.97. The van der Waals surface area contributed by atoms with E-state index in [1.165, 1.54) is 0 Å². The van der Waals surface area contributed by atoms with Crippen LogP contribution in [-0.4, -0.2) is 35.2 Å². The van der Waals surface area contributed by atoms with Crippen LogP contribution in [0.1, 0.15) is 61.8 Å². The molecule has 23 heavy (non-hydrogen) atoms. The van der Waals surface area contributed by atoms with Crippen molar-refractivity contribution in [2.24, 2.45) is 23.7 Å². The Balaban J connectivity index is 4.67. The molecule has 2 atom stereocenters. The molecule has 0 aliphatic carbocycles. The summed E-state index contributed by atoms with van der Waals surface area (Å²) < 4.78 is 0. The number of hydrogen-bond acceptors (Lipinski definition) is 4. The summed E-state index contributed by atoms with van der Waals surface area (Å²) >= 11 is 1.74. The summed E-state index contributed by atoms with van der Waals surface area (Å²) in [6.07, 6.45) is 0.935. The molecule has 0 saturated carbocycles. The molecule has 0 saturated heterocycles. The molecule has 0 aliphatic rings. The van der Waals surface area contributed by atoms with Gasteiger partial charge in [0.2, 0.25) is 0 Å². The van der Waals surface area contributed by atoms with E-state index in [4.69, 9.17) is 0 Å². The third-order valence-corrected chi connectivity index (χ3v) is 4.98. The van der Waals surface area contributed by atoms with Crippen molar-refractivity contribution in [2.75, 3.05) is 11.5 Å². The van der Waals surface area contributed by atoms with Crippen molar-refractivity contribution in [1.29, 1.82) is 0 Å². The number of thioether (sulfide) groups is 1. The van der Waals surface area contributed by atoms with Gasteiger partial charge in [0.15, 0.2) is 5.78 Å². The summed E-state index contributed by atoms with van der Waals surface area (Å²) in [5, 5.41) is 3.37. The minimum absolute atomic E-state index is 0.0376. The minimum Gasteiger partial charge on any atom is -0.305 e. The first-order valence-corrected chi connectivity index (χ1v) is 10.1. The van der Waals surface area contributed by atoms with Gasteiger partial charge in [0, 0.05) is 35.3 Å². The summed E-state index contributed by atoms with van der Waals surface area (Å²) in [7, 11) is 0. The van der Waals surface area contributed by atoms with E-state index in [9.17, 15) is 9.59 Å². The smallest absolute Gasteiger partial charge is 0.153 e. The Bertz CT molecular complexity index is 330. The Morgan fingerprint density at radius 3 is 1.74 bits per heavy atom. The lowest BCUT2D eigenvalue weighted by molar-refractivity contribution is -0.125. The second-order valence-corrected chi connectivity index (χ2v) is 8.93. The van der Waals surface area contributed by atoms with Gasteiger partial charge in [-0.05, 0) is 12.3 Å². The van der Waals surface area contributed by atoms with Gasteiger partial charge in [-0.2, -0.15) is 11.8 Å². The maximum Gasteiger partial charge on any atom is 0.153 e. The predicted octanol–water partition coefficient (Wildman–Crippen LogP) is 4.20. The molecule has 0 unspecified atom stereocenters. The van der Waals surface area contributed by atoms with Crippen molar-refractivity contribution in [3.05, 3.63) is 0 Å². The van der Waals surface area contributed by atoms with Gasteiger partial charge in [-0.3, -0.25) is 9.59 Å². The summed E-state index contributed by atoms with van der Waals surface area (Å²) in [6.45, 7) is 16.3. The molecule has 0 heterocycles. The Kier molecular flexibility index (Phi) is 11.1. The van der Waals surface area contributed by atoms with Crippen LogP contribution < -0.4 is 5.32 Å². The molecule has 0 aromatic rings. The van der Waals surface area contributed by atoms with Gasteiger partial charge in [-0.15, -0.1) is 0 Å². The van der Waals surface area contributed by atoms with Crippen molar-refractivity contribution in [2.45, 2.75) is 73.9 Å². The van der Waals surface area contributed by atoms with Crippen molar-refractivity contribution in [1.82, 2.24) is 5.32 Å². The molecular weight excluding hydrogens is 306 g/mol. The maximum absolute atomic E-state index is 12.4. The largest absolute Gasteiger partial charge is 0.305 e. The second-order valence-electron chi connectivity index (χ2n) is 7.85. The van der Waals surface area contributed by atoms with Gasteiger partial charge < -0.3 is 5.32 Å². The molecular formula is C19H37NO2S. The van der Waals surface area contributed by atoms with E-state index in [0.29, 0.717) is 11.7 Å².